The summed E-state index contributed by atoms with van der Waals surface area (Å²) in [6.07, 6.45) is 3.18. The summed E-state index contributed by atoms with van der Waals surface area (Å²) in [5.41, 5.74) is 0.259. The van der Waals surface area contributed by atoms with E-state index in [9.17, 15) is 4.79 Å². The Bertz CT molecular complexity index is 410. The Morgan fingerprint density at radius 2 is 2.12 bits per heavy atom. The zero-order chi connectivity index (χ0) is 11.9. The molecule has 0 spiro atoms. The van der Waals surface area contributed by atoms with Crippen LogP contribution >= 0.6 is 0 Å². The predicted molar refractivity (Wildman–Crippen MR) is 58.6 cm³/mol. The van der Waals surface area contributed by atoms with E-state index in [0.717, 1.165) is 6.42 Å². The number of nitrogens with zero attached hydrogens (tertiary/aromatic N) is 1. The van der Waals surface area contributed by atoms with E-state index >= 15 is 0 Å². The number of carbonyl (C=O) groups is 1. The van der Waals surface area contributed by atoms with Crippen molar-refractivity contribution in [3.8, 4) is 0 Å². The summed E-state index contributed by atoms with van der Waals surface area (Å²) in [7, 11) is 0. The van der Waals surface area contributed by atoms with E-state index in [1.807, 2.05) is 20.8 Å². The molecule has 4 heteroatoms. The van der Waals surface area contributed by atoms with Crippen molar-refractivity contribution in [3.63, 3.8) is 0 Å². The maximum absolute atomic E-state index is 11.0. The van der Waals surface area contributed by atoms with Crippen molar-refractivity contribution in [1.82, 2.24) is 4.98 Å². The van der Waals surface area contributed by atoms with Gasteiger partial charge in [-0.2, -0.15) is 0 Å². The molecule has 0 amide bonds. The van der Waals surface area contributed by atoms with E-state index in [4.69, 9.17) is 9.52 Å². The smallest absolute Gasteiger partial charge is 0.373 e. The molecule has 0 radical (unpaired) electrons. The Balaban J connectivity index is 2.32. The van der Waals surface area contributed by atoms with Crippen LogP contribution < -0.4 is 0 Å². The molecule has 16 heavy (non-hydrogen) atoms. The molecule has 1 saturated carbocycles. The number of oxazole rings is 1. The maximum atomic E-state index is 11.0. The van der Waals surface area contributed by atoms with Crippen LogP contribution in [0.1, 0.15) is 55.8 Å². The molecule has 0 saturated heterocycles. The summed E-state index contributed by atoms with van der Waals surface area (Å²) < 4.78 is 5.34. The monoisotopic (exact) mass is 223 g/mol. The van der Waals surface area contributed by atoms with Crippen molar-refractivity contribution in [2.45, 2.75) is 45.4 Å². The average Bonchev–Trinajstić information content (AvgIpc) is 2.79. The van der Waals surface area contributed by atoms with Gasteiger partial charge in [-0.3, -0.25) is 0 Å². The quantitative estimate of drug-likeness (QED) is 0.855. The van der Waals surface area contributed by atoms with E-state index < -0.39 is 5.97 Å². The highest BCUT2D eigenvalue weighted by Gasteiger charge is 2.31. The Labute approximate surface area is 94.7 Å². The van der Waals surface area contributed by atoms with Crippen LogP contribution in [0.15, 0.2) is 4.42 Å². The third-order valence-corrected chi connectivity index (χ3v) is 2.74. The second-order valence-corrected chi connectivity index (χ2v) is 5.49. The lowest BCUT2D eigenvalue weighted by atomic mass is 9.91. The highest BCUT2D eigenvalue weighted by atomic mass is 16.4. The lowest BCUT2D eigenvalue weighted by Crippen LogP contribution is -2.16. The summed E-state index contributed by atoms with van der Waals surface area (Å²) in [5, 5.41) is 9.06. The molecule has 1 N–H and O–H groups in total. The van der Waals surface area contributed by atoms with Crippen LogP contribution in [-0.2, 0) is 11.8 Å². The molecule has 1 fully saturated rings. The number of carboxylic acids is 1. The number of aromatic nitrogens is 1. The first-order valence-electron chi connectivity index (χ1n) is 5.61. The van der Waals surface area contributed by atoms with Crippen LogP contribution in [-0.4, -0.2) is 16.1 Å². The lowest BCUT2D eigenvalue weighted by Gasteiger charge is -2.14. The fourth-order valence-corrected chi connectivity index (χ4v) is 1.67. The number of aromatic carboxylic acids is 1. The molecule has 0 unspecified atom stereocenters. The molecule has 1 aromatic heterocycles. The van der Waals surface area contributed by atoms with E-state index in [0.29, 0.717) is 17.5 Å². The summed E-state index contributed by atoms with van der Waals surface area (Å²) in [5.74, 6) is 0.195. The number of rotatable bonds is 3. The number of hydrogen-bond acceptors (Lipinski definition) is 3. The molecule has 1 aliphatic carbocycles. The molecular weight excluding hydrogens is 206 g/mol. The minimum Gasteiger partial charge on any atom is -0.475 e. The molecule has 2 rings (SSSR count). The van der Waals surface area contributed by atoms with Crippen LogP contribution in [0.3, 0.4) is 0 Å². The van der Waals surface area contributed by atoms with E-state index in [1.54, 1.807) is 0 Å². The molecule has 88 valence electrons. The Hall–Kier alpha value is -1.32. The van der Waals surface area contributed by atoms with E-state index in [-0.39, 0.29) is 11.2 Å². The molecule has 0 aliphatic heterocycles. The predicted octanol–water partition coefficient (Wildman–Crippen LogP) is 2.62. The minimum atomic E-state index is -1.03. The van der Waals surface area contributed by atoms with Crippen molar-refractivity contribution < 1.29 is 14.3 Å². The fourth-order valence-electron chi connectivity index (χ4n) is 1.67. The summed E-state index contributed by atoms with van der Waals surface area (Å²) in [6.45, 7) is 5.83. The van der Waals surface area contributed by atoms with Gasteiger partial charge >= 0.3 is 5.97 Å². The molecule has 0 aromatic carbocycles. The lowest BCUT2D eigenvalue weighted by molar-refractivity contribution is 0.0656. The standard InChI is InChI=1S/C12H17NO3/c1-12(2,3)10-9(11(14)15)16-8(13-10)6-7-4-5-7/h7H,4-6H2,1-3H3,(H,14,15). The van der Waals surface area contributed by atoms with Crippen molar-refractivity contribution in [3.05, 3.63) is 17.3 Å². The highest BCUT2D eigenvalue weighted by Crippen LogP contribution is 2.34. The van der Waals surface area contributed by atoms with Gasteiger partial charge in [0.2, 0.25) is 5.76 Å². The fraction of sp³-hybridized carbons (Fsp3) is 0.667. The molecule has 1 aliphatic rings. The van der Waals surface area contributed by atoms with Crippen LogP contribution in [0, 0.1) is 5.92 Å². The SMILES string of the molecule is CC(C)(C)c1nc(CC2CC2)oc1C(=O)O. The number of hydrogen-bond donors (Lipinski definition) is 1. The van der Waals surface area contributed by atoms with Crippen LogP contribution in [0.25, 0.3) is 0 Å². The molecule has 0 atom stereocenters. The zero-order valence-electron chi connectivity index (χ0n) is 9.91. The van der Waals surface area contributed by atoms with Crippen molar-refractivity contribution in [1.29, 1.82) is 0 Å². The van der Waals surface area contributed by atoms with Gasteiger partial charge in [-0.25, -0.2) is 9.78 Å². The average molecular weight is 223 g/mol. The van der Waals surface area contributed by atoms with Crippen molar-refractivity contribution >= 4 is 5.97 Å². The molecule has 1 heterocycles. The third-order valence-electron chi connectivity index (χ3n) is 2.74. The summed E-state index contributed by atoms with van der Waals surface area (Å²) in [6, 6.07) is 0. The van der Waals surface area contributed by atoms with Crippen molar-refractivity contribution in [2.75, 3.05) is 0 Å². The van der Waals surface area contributed by atoms with Gasteiger partial charge in [0.1, 0.15) is 0 Å². The van der Waals surface area contributed by atoms with Crippen molar-refractivity contribution in [2.24, 2.45) is 5.92 Å². The van der Waals surface area contributed by atoms with Gasteiger partial charge in [-0.05, 0) is 18.8 Å². The third kappa shape index (κ3) is 2.26. The van der Waals surface area contributed by atoms with Gasteiger partial charge in [0.25, 0.3) is 0 Å². The van der Waals surface area contributed by atoms with Gasteiger partial charge in [0.15, 0.2) is 5.89 Å². The number of carboxylic acid groups (broad SMARTS) is 1. The Kier molecular flexibility index (Phi) is 2.52. The highest BCUT2D eigenvalue weighted by molar-refractivity contribution is 5.86. The Morgan fingerprint density at radius 1 is 1.50 bits per heavy atom. The summed E-state index contributed by atoms with van der Waals surface area (Å²) in [4.78, 5) is 15.4. The van der Waals surface area contributed by atoms with Gasteiger partial charge in [0, 0.05) is 11.8 Å². The molecular formula is C12H17NO3. The van der Waals surface area contributed by atoms with Crippen LogP contribution in [0.4, 0.5) is 0 Å². The van der Waals surface area contributed by atoms with Gasteiger partial charge in [0.05, 0.1) is 5.69 Å². The van der Waals surface area contributed by atoms with E-state index in [2.05, 4.69) is 4.98 Å². The van der Waals surface area contributed by atoms with Gasteiger partial charge in [-0.15, -0.1) is 0 Å². The topological polar surface area (TPSA) is 63.3 Å². The van der Waals surface area contributed by atoms with Crippen LogP contribution in [0.5, 0.6) is 0 Å². The van der Waals surface area contributed by atoms with Gasteiger partial charge in [-0.1, -0.05) is 20.8 Å². The minimum absolute atomic E-state index is 0.00292. The first kappa shape index (κ1) is 11.2. The zero-order valence-corrected chi connectivity index (χ0v) is 9.91. The maximum Gasteiger partial charge on any atom is 0.373 e. The first-order chi connectivity index (χ1) is 7.38. The largest absolute Gasteiger partial charge is 0.475 e. The molecule has 0 bridgehead atoms. The first-order valence-corrected chi connectivity index (χ1v) is 5.61. The second kappa shape index (κ2) is 3.61. The Morgan fingerprint density at radius 3 is 2.50 bits per heavy atom. The molecule has 4 nitrogen and oxygen atoms in total. The van der Waals surface area contributed by atoms with Crippen LogP contribution in [0.2, 0.25) is 0 Å². The van der Waals surface area contributed by atoms with Gasteiger partial charge < -0.3 is 9.52 Å². The van der Waals surface area contributed by atoms with E-state index in [1.165, 1.54) is 12.8 Å². The summed E-state index contributed by atoms with van der Waals surface area (Å²) >= 11 is 0. The second-order valence-electron chi connectivity index (χ2n) is 5.49. The normalized spacial score (nSPS) is 16.4. The molecule has 1 aromatic rings.